The number of aromatic nitrogens is 3. The van der Waals surface area contributed by atoms with Gasteiger partial charge >= 0.3 is 0 Å². The van der Waals surface area contributed by atoms with E-state index >= 15 is 0 Å². The van der Waals surface area contributed by atoms with Crippen molar-refractivity contribution in [1.29, 1.82) is 0 Å². The molecule has 0 spiro atoms. The maximum atomic E-state index is 6.18. The second kappa shape index (κ2) is 8.01. The van der Waals surface area contributed by atoms with E-state index in [1.54, 1.807) is 12.4 Å². The molecule has 0 bridgehead atoms. The summed E-state index contributed by atoms with van der Waals surface area (Å²) in [5.74, 6) is 0.961. The predicted molar refractivity (Wildman–Crippen MR) is 109 cm³/mol. The molecule has 7 heteroatoms. The Morgan fingerprint density at radius 1 is 1.04 bits per heavy atom. The smallest absolute Gasteiger partial charge is 0.224 e. The van der Waals surface area contributed by atoms with E-state index in [2.05, 4.69) is 54.8 Å². The van der Waals surface area contributed by atoms with Gasteiger partial charge in [0.1, 0.15) is 5.82 Å². The summed E-state index contributed by atoms with van der Waals surface area (Å²) in [7, 11) is 0. The first-order valence-corrected chi connectivity index (χ1v) is 9.12. The van der Waals surface area contributed by atoms with Crippen molar-refractivity contribution >= 4 is 17.5 Å². The van der Waals surface area contributed by atoms with Crippen LogP contribution in [0.25, 0.3) is 11.1 Å². The minimum Gasteiger partial charge on any atom is -0.383 e. The van der Waals surface area contributed by atoms with Crippen LogP contribution in [0.15, 0.2) is 54.9 Å². The van der Waals surface area contributed by atoms with E-state index in [-0.39, 0.29) is 0 Å². The van der Waals surface area contributed by atoms with E-state index in [1.807, 2.05) is 18.2 Å². The number of benzene rings is 1. The highest BCUT2D eigenvalue weighted by molar-refractivity contribution is 5.75. The number of pyridine rings is 1. The molecule has 0 aliphatic carbocycles. The lowest BCUT2D eigenvalue weighted by Gasteiger charge is -2.29. The molecule has 1 aliphatic heterocycles. The van der Waals surface area contributed by atoms with E-state index in [1.165, 1.54) is 5.69 Å². The highest BCUT2D eigenvalue weighted by Gasteiger charge is 2.11. The van der Waals surface area contributed by atoms with Crippen molar-refractivity contribution < 1.29 is 0 Å². The summed E-state index contributed by atoms with van der Waals surface area (Å²) in [5.41, 5.74) is 10.2. The third kappa shape index (κ3) is 4.15. The van der Waals surface area contributed by atoms with Crippen LogP contribution in [0.3, 0.4) is 0 Å². The van der Waals surface area contributed by atoms with Gasteiger partial charge in [0, 0.05) is 49.8 Å². The molecule has 4 N–H and O–H groups in total. The van der Waals surface area contributed by atoms with Crippen molar-refractivity contribution in [2.45, 2.75) is 6.54 Å². The molecule has 1 fully saturated rings. The summed E-state index contributed by atoms with van der Waals surface area (Å²) in [6.45, 7) is 4.66. The molecule has 0 radical (unpaired) electrons. The lowest BCUT2D eigenvalue weighted by Crippen LogP contribution is -2.43. The molecular formula is C20H23N7. The van der Waals surface area contributed by atoms with Crippen LogP contribution in [0.1, 0.15) is 5.69 Å². The molecule has 27 heavy (non-hydrogen) atoms. The third-order valence-corrected chi connectivity index (χ3v) is 4.63. The minimum atomic E-state index is 0.462. The highest BCUT2D eigenvalue weighted by Crippen LogP contribution is 2.27. The number of nitrogens with zero attached hydrogens (tertiary/aromatic N) is 4. The Kier molecular flexibility index (Phi) is 5.11. The van der Waals surface area contributed by atoms with E-state index in [0.717, 1.165) is 43.0 Å². The Hall–Kier alpha value is -3.19. The summed E-state index contributed by atoms with van der Waals surface area (Å²) in [6.07, 6.45) is 3.53. The van der Waals surface area contributed by atoms with Crippen LogP contribution in [0.5, 0.6) is 0 Å². The Morgan fingerprint density at radius 2 is 1.85 bits per heavy atom. The molecule has 3 heterocycles. The fourth-order valence-corrected chi connectivity index (χ4v) is 3.15. The first kappa shape index (κ1) is 17.2. The topological polar surface area (TPSA) is 92.0 Å². The Balaban J connectivity index is 1.45. The van der Waals surface area contributed by atoms with Crippen molar-refractivity contribution in [3.63, 3.8) is 0 Å². The van der Waals surface area contributed by atoms with Gasteiger partial charge in [-0.3, -0.25) is 4.98 Å². The van der Waals surface area contributed by atoms with Crippen molar-refractivity contribution in [2.24, 2.45) is 0 Å². The third-order valence-electron chi connectivity index (χ3n) is 4.63. The number of hydrogen-bond acceptors (Lipinski definition) is 7. The molecule has 2 aromatic heterocycles. The number of nitrogen functional groups attached to an aromatic ring is 1. The van der Waals surface area contributed by atoms with Crippen LogP contribution in [0.2, 0.25) is 0 Å². The van der Waals surface area contributed by atoms with Gasteiger partial charge in [-0.05, 0) is 29.8 Å². The molecule has 1 aliphatic rings. The first-order chi connectivity index (χ1) is 13.3. The van der Waals surface area contributed by atoms with Crippen LogP contribution in [0, 0.1) is 0 Å². The molecule has 1 aromatic carbocycles. The van der Waals surface area contributed by atoms with Gasteiger partial charge in [0.05, 0.1) is 12.2 Å². The second-order valence-electron chi connectivity index (χ2n) is 6.45. The molecule has 0 saturated carbocycles. The van der Waals surface area contributed by atoms with Crippen molar-refractivity contribution in [3.8, 4) is 11.1 Å². The number of piperazine rings is 1. The van der Waals surface area contributed by atoms with E-state index in [4.69, 9.17) is 5.73 Å². The molecule has 0 atom stereocenters. The fraction of sp³-hybridized carbons (Fsp3) is 0.250. The first-order valence-electron chi connectivity index (χ1n) is 9.12. The molecule has 1 saturated heterocycles. The standard InChI is InChI=1S/C20H23N7/c21-19-18(14-25-20(26-19)24-13-16-3-1-2-8-23-16)15-4-6-17(7-5-15)27-11-9-22-10-12-27/h1-8,14,22H,9-13H2,(H3,21,24,25,26). The average Bonchev–Trinajstić information content (AvgIpc) is 2.74. The highest BCUT2D eigenvalue weighted by atomic mass is 15.2. The lowest BCUT2D eigenvalue weighted by atomic mass is 10.1. The van der Waals surface area contributed by atoms with Gasteiger partial charge in [0.15, 0.2) is 0 Å². The van der Waals surface area contributed by atoms with Crippen LogP contribution >= 0.6 is 0 Å². The van der Waals surface area contributed by atoms with Crippen molar-refractivity contribution in [1.82, 2.24) is 20.3 Å². The number of anilines is 3. The minimum absolute atomic E-state index is 0.462. The largest absolute Gasteiger partial charge is 0.383 e. The van der Waals surface area contributed by atoms with Gasteiger partial charge in [0.25, 0.3) is 0 Å². The summed E-state index contributed by atoms with van der Waals surface area (Å²) in [5, 5.41) is 6.53. The van der Waals surface area contributed by atoms with Crippen LogP contribution in [0.4, 0.5) is 17.5 Å². The van der Waals surface area contributed by atoms with E-state index < -0.39 is 0 Å². The summed E-state index contributed by atoms with van der Waals surface area (Å²) >= 11 is 0. The number of nitrogens with one attached hydrogen (secondary N) is 2. The SMILES string of the molecule is Nc1nc(NCc2ccccn2)ncc1-c1ccc(N2CCNCC2)cc1. The second-order valence-corrected chi connectivity index (χ2v) is 6.45. The van der Waals surface area contributed by atoms with E-state index in [0.29, 0.717) is 18.3 Å². The average molecular weight is 361 g/mol. The zero-order valence-electron chi connectivity index (χ0n) is 15.1. The Labute approximate surface area is 158 Å². The summed E-state index contributed by atoms with van der Waals surface area (Å²) in [6, 6.07) is 14.2. The predicted octanol–water partition coefficient (Wildman–Crippen LogP) is 2.14. The Morgan fingerprint density at radius 3 is 2.56 bits per heavy atom. The molecule has 4 rings (SSSR count). The number of nitrogens with two attached hydrogens (primary N) is 1. The van der Waals surface area contributed by atoms with Gasteiger partial charge in [-0.25, -0.2) is 4.98 Å². The molecule has 7 nitrogen and oxygen atoms in total. The summed E-state index contributed by atoms with van der Waals surface area (Å²) in [4.78, 5) is 15.4. The molecular weight excluding hydrogens is 338 g/mol. The normalized spacial score (nSPS) is 14.1. The van der Waals surface area contributed by atoms with Gasteiger partial charge in [0.2, 0.25) is 5.95 Å². The maximum absolute atomic E-state index is 6.18. The van der Waals surface area contributed by atoms with Crippen LogP contribution < -0.4 is 21.3 Å². The fourth-order valence-electron chi connectivity index (χ4n) is 3.15. The Bertz CT molecular complexity index is 875. The van der Waals surface area contributed by atoms with Crippen LogP contribution in [-0.4, -0.2) is 41.1 Å². The molecule has 0 unspecified atom stereocenters. The zero-order valence-corrected chi connectivity index (χ0v) is 15.1. The van der Waals surface area contributed by atoms with Gasteiger partial charge in [-0.1, -0.05) is 18.2 Å². The number of rotatable bonds is 5. The maximum Gasteiger partial charge on any atom is 0.224 e. The quantitative estimate of drug-likeness (QED) is 0.641. The van der Waals surface area contributed by atoms with Crippen LogP contribution in [-0.2, 0) is 6.54 Å². The molecule has 3 aromatic rings. The van der Waals surface area contributed by atoms with Crippen molar-refractivity contribution in [2.75, 3.05) is 42.1 Å². The monoisotopic (exact) mass is 361 g/mol. The van der Waals surface area contributed by atoms with E-state index in [9.17, 15) is 0 Å². The van der Waals surface area contributed by atoms with Gasteiger partial charge < -0.3 is 21.3 Å². The van der Waals surface area contributed by atoms with Gasteiger partial charge in [-0.2, -0.15) is 4.98 Å². The molecule has 138 valence electrons. The van der Waals surface area contributed by atoms with Gasteiger partial charge in [-0.15, -0.1) is 0 Å². The molecule has 0 amide bonds. The van der Waals surface area contributed by atoms with Crippen molar-refractivity contribution in [3.05, 3.63) is 60.6 Å². The zero-order chi connectivity index (χ0) is 18.5. The number of hydrogen-bond donors (Lipinski definition) is 3. The summed E-state index contributed by atoms with van der Waals surface area (Å²) < 4.78 is 0. The lowest BCUT2D eigenvalue weighted by molar-refractivity contribution is 0.589.